The molecule has 1 aliphatic heterocycles. The molecule has 1 aliphatic rings. The number of likely N-dealkylation sites (tertiary alicyclic amines) is 1. The van der Waals surface area contributed by atoms with Gasteiger partial charge in [-0.2, -0.15) is 0 Å². The lowest BCUT2D eigenvalue weighted by Gasteiger charge is -2.31. The van der Waals surface area contributed by atoms with E-state index in [1.807, 2.05) is 0 Å². The summed E-state index contributed by atoms with van der Waals surface area (Å²) in [6, 6.07) is 0. The molecule has 20 heavy (non-hydrogen) atoms. The third-order valence-corrected chi connectivity index (χ3v) is 3.30. The Bertz CT molecular complexity index is 430. The topological polar surface area (TPSA) is 87.6 Å². The van der Waals surface area contributed by atoms with Crippen LogP contribution in [-0.2, 0) is 4.74 Å². The number of rotatable bonds is 5. The van der Waals surface area contributed by atoms with Crippen molar-refractivity contribution in [1.82, 2.24) is 14.9 Å². The molecule has 0 atom stereocenters. The normalized spacial score (nSPS) is 16.2. The van der Waals surface area contributed by atoms with Crippen LogP contribution >= 0.6 is 0 Å². The zero-order valence-electron chi connectivity index (χ0n) is 11.6. The van der Waals surface area contributed by atoms with Gasteiger partial charge in [0, 0.05) is 20.1 Å². The van der Waals surface area contributed by atoms with Crippen molar-refractivity contribution in [2.24, 2.45) is 0 Å². The second kappa shape index (κ2) is 7.16. The highest BCUT2D eigenvalue weighted by Gasteiger charge is 2.24. The molecule has 0 radical (unpaired) electrons. The van der Waals surface area contributed by atoms with Gasteiger partial charge in [0.15, 0.2) is 0 Å². The van der Waals surface area contributed by atoms with E-state index >= 15 is 0 Å². The molecule has 0 aromatic carbocycles. The summed E-state index contributed by atoms with van der Waals surface area (Å²) in [4.78, 5) is 22.2. The lowest BCUT2D eigenvalue weighted by Crippen LogP contribution is -2.41. The summed E-state index contributed by atoms with van der Waals surface area (Å²) in [5, 5.41) is 11.6. The highest BCUT2D eigenvalue weighted by molar-refractivity contribution is 5.92. The minimum atomic E-state index is -0.0965. The Balaban J connectivity index is 1.87. The van der Waals surface area contributed by atoms with Crippen molar-refractivity contribution in [2.45, 2.75) is 18.9 Å². The number of hydrogen-bond acceptors (Lipinski definition) is 6. The van der Waals surface area contributed by atoms with Crippen molar-refractivity contribution in [3.63, 3.8) is 0 Å². The predicted molar refractivity (Wildman–Crippen MR) is 73.5 cm³/mol. The number of carbonyl (C=O) groups is 1. The molecular weight excluding hydrogens is 260 g/mol. The Labute approximate surface area is 118 Å². The summed E-state index contributed by atoms with van der Waals surface area (Å²) in [6.07, 6.45) is 4.73. The smallest absolute Gasteiger partial charge is 0.274 e. The molecule has 2 N–H and O–H groups in total. The Kier molecular flexibility index (Phi) is 5.25. The van der Waals surface area contributed by atoms with Crippen LogP contribution in [0, 0.1) is 0 Å². The van der Waals surface area contributed by atoms with Crippen molar-refractivity contribution >= 4 is 11.7 Å². The molecule has 1 saturated heterocycles. The lowest BCUT2D eigenvalue weighted by atomic mass is 10.1. The number of hydrogen-bond donors (Lipinski definition) is 2. The highest BCUT2D eigenvalue weighted by Crippen LogP contribution is 2.15. The second-order valence-electron chi connectivity index (χ2n) is 4.62. The molecule has 1 amide bonds. The summed E-state index contributed by atoms with van der Waals surface area (Å²) in [6.45, 7) is 1.68. The Morgan fingerprint density at radius 1 is 1.45 bits per heavy atom. The number of carbonyl (C=O) groups excluding carboxylic acids is 1. The Hall–Kier alpha value is -1.73. The summed E-state index contributed by atoms with van der Waals surface area (Å²) < 4.78 is 5.47. The largest absolute Gasteiger partial charge is 0.394 e. The first-order valence-corrected chi connectivity index (χ1v) is 6.76. The first-order valence-electron chi connectivity index (χ1n) is 6.76. The van der Waals surface area contributed by atoms with Crippen molar-refractivity contribution < 1.29 is 14.6 Å². The summed E-state index contributed by atoms with van der Waals surface area (Å²) in [7, 11) is 1.75. The van der Waals surface area contributed by atoms with Crippen LogP contribution in [0.3, 0.4) is 0 Å². The SMILES string of the molecule is CNc1cnc(C(=O)N2CCC(OCCO)CC2)cn1. The molecule has 0 bridgehead atoms. The third kappa shape index (κ3) is 3.64. The fraction of sp³-hybridized carbons (Fsp3) is 0.615. The number of piperidine rings is 1. The van der Waals surface area contributed by atoms with E-state index in [0.717, 1.165) is 12.8 Å². The average Bonchev–Trinajstić information content (AvgIpc) is 2.53. The maximum atomic E-state index is 12.2. The zero-order chi connectivity index (χ0) is 14.4. The average molecular weight is 280 g/mol. The maximum absolute atomic E-state index is 12.2. The van der Waals surface area contributed by atoms with Gasteiger partial charge in [-0.15, -0.1) is 0 Å². The second-order valence-corrected chi connectivity index (χ2v) is 4.62. The molecule has 1 aromatic rings. The minimum Gasteiger partial charge on any atom is -0.394 e. The summed E-state index contributed by atoms with van der Waals surface area (Å²) in [5.74, 6) is 0.540. The van der Waals surface area contributed by atoms with Gasteiger partial charge in [0.05, 0.1) is 31.7 Å². The quantitative estimate of drug-likeness (QED) is 0.797. The van der Waals surface area contributed by atoms with E-state index in [1.165, 1.54) is 6.20 Å². The summed E-state index contributed by atoms with van der Waals surface area (Å²) in [5.41, 5.74) is 0.360. The van der Waals surface area contributed by atoms with Crippen LogP contribution in [-0.4, -0.2) is 65.3 Å². The number of amides is 1. The first-order chi connectivity index (χ1) is 9.74. The van der Waals surface area contributed by atoms with Gasteiger partial charge in [-0.25, -0.2) is 9.97 Å². The van der Waals surface area contributed by atoms with E-state index in [1.54, 1.807) is 18.1 Å². The Morgan fingerprint density at radius 3 is 2.75 bits per heavy atom. The molecule has 0 saturated carbocycles. The van der Waals surface area contributed by atoms with E-state index < -0.39 is 0 Å². The van der Waals surface area contributed by atoms with E-state index in [9.17, 15) is 4.79 Å². The van der Waals surface area contributed by atoms with Gasteiger partial charge in [-0.05, 0) is 12.8 Å². The number of aromatic nitrogens is 2. The number of nitrogens with one attached hydrogen (secondary N) is 1. The first kappa shape index (κ1) is 14.7. The monoisotopic (exact) mass is 280 g/mol. The molecular formula is C13H20N4O3. The molecule has 1 aromatic heterocycles. The van der Waals surface area contributed by atoms with Gasteiger partial charge in [-0.1, -0.05) is 0 Å². The fourth-order valence-corrected chi connectivity index (χ4v) is 2.17. The zero-order valence-corrected chi connectivity index (χ0v) is 11.6. The van der Waals surface area contributed by atoms with Gasteiger partial charge in [0.2, 0.25) is 0 Å². The predicted octanol–water partition coefficient (Wildman–Crippen LogP) is 0.132. The van der Waals surface area contributed by atoms with Crippen molar-refractivity contribution in [1.29, 1.82) is 0 Å². The fourth-order valence-electron chi connectivity index (χ4n) is 2.17. The number of aliphatic hydroxyl groups excluding tert-OH is 1. The van der Waals surface area contributed by atoms with Gasteiger partial charge in [0.25, 0.3) is 5.91 Å². The standard InChI is InChI=1S/C13H20N4O3/c1-14-12-9-15-11(8-16-12)13(19)17-4-2-10(3-5-17)20-7-6-18/h8-10,18H,2-7H2,1H3,(H,14,16). The van der Waals surface area contributed by atoms with Crippen molar-refractivity contribution in [3.05, 3.63) is 18.1 Å². The number of aliphatic hydroxyl groups is 1. The van der Waals surface area contributed by atoms with Crippen LogP contribution in [0.2, 0.25) is 0 Å². The minimum absolute atomic E-state index is 0.0343. The number of nitrogens with zero attached hydrogens (tertiary/aromatic N) is 3. The third-order valence-electron chi connectivity index (χ3n) is 3.30. The van der Waals surface area contributed by atoms with Crippen LogP contribution in [0.1, 0.15) is 23.3 Å². The van der Waals surface area contributed by atoms with Crippen LogP contribution < -0.4 is 5.32 Å². The van der Waals surface area contributed by atoms with Crippen molar-refractivity contribution in [2.75, 3.05) is 38.7 Å². The molecule has 7 heteroatoms. The van der Waals surface area contributed by atoms with Gasteiger partial charge in [0.1, 0.15) is 11.5 Å². The van der Waals surface area contributed by atoms with E-state index in [2.05, 4.69) is 15.3 Å². The molecule has 7 nitrogen and oxygen atoms in total. The molecule has 2 heterocycles. The highest BCUT2D eigenvalue weighted by atomic mass is 16.5. The molecule has 1 fully saturated rings. The Morgan fingerprint density at radius 2 is 2.20 bits per heavy atom. The number of anilines is 1. The van der Waals surface area contributed by atoms with Crippen LogP contribution in [0.15, 0.2) is 12.4 Å². The molecule has 0 spiro atoms. The number of ether oxygens (including phenoxy) is 1. The van der Waals surface area contributed by atoms with Crippen molar-refractivity contribution in [3.8, 4) is 0 Å². The molecule has 2 rings (SSSR count). The molecule has 110 valence electrons. The van der Waals surface area contributed by atoms with Gasteiger partial charge < -0.3 is 20.1 Å². The van der Waals surface area contributed by atoms with E-state index in [-0.39, 0.29) is 18.6 Å². The van der Waals surface area contributed by atoms with E-state index in [4.69, 9.17) is 9.84 Å². The summed E-state index contributed by atoms with van der Waals surface area (Å²) >= 11 is 0. The van der Waals surface area contributed by atoms with Crippen LogP contribution in [0.25, 0.3) is 0 Å². The van der Waals surface area contributed by atoms with Gasteiger partial charge >= 0.3 is 0 Å². The van der Waals surface area contributed by atoms with E-state index in [0.29, 0.717) is 31.2 Å². The van der Waals surface area contributed by atoms with Crippen LogP contribution in [0.4, 0.5) is 5.82 Å². The van der Waals surface area contributed by atoms with Gasteiger partial charge in [-0.3, -0.25) is 4.79 Å². The maximum Gasteiger partial charge on any atom is 0.274 e. The molecule has 0 unspecified atom stereocenters. The van der Waals surface area contributed by atoms with Crippen LogP contribution in [0.5, 0.6) is 0 Å². The lowest BCUT2D eigenvalue weighted by molar-refractivity contribution is -0.00565. The molecule has 0 aliphatic carbocycles.